The van der Waals surface area contributed by atoms with Gasteiger partial charge in [0.15, 0.2) is 0 Å². The Balaban J connectivity index is 1.50. The molecule has 1 N–H and O–H groups in total. The van der Waals surface area contributed by atoms with Gasteiger partial charge < -0.3 is 5.32 Å². The summed E-state index contributed by atoms with van der Waals surface area (Å²) in [5.74, 6) is 0.129. The van der Waals surface area contributed by atoms with Crippen LogP contribution in [0.2, 0.25) is 10.0 Å². The fourth-order valence-electron chi connectivity index (χ4n) is 2.36. The summed E-state index contributed by atoms with van der Waals surface area (Å²) in [6.07, 6.45) is 0.632. The largest absolute Gasteiger partial charge is 0.355 e. The van der Waals surface area contributed by atoms with E-state index in [0.717, 1.165) is 16.8 Å². The van der Waals surface area contributed by atoms with Crippen LogP contribution in [-0.2, 0) is 11.2 Å². The normalized spacial score (nSPS) is 10.8. The minimum absolute atomic E-state index is 0.0939. The lowest BCUT2D eigenvalue weighted by Gasteiger charge is -2.07. The number of halogens is 2. The van der Waals surface area contributed by atoms with E-state index in [1.807, 2.05) is 37.3 Å². The number of tetrazole rings is 1. The third kappa shape index (κ3) is 5.45. The van der Waals surface area contributed by atoms with Gasteiger partial charge in [-0.3, -0.25) is 4.79 Å². The predicted octanol–water partition coefficient (Wildman–Crippen LogP) is 3.73. The van der Waals surface area contributed by atoms with Crippen LogP contribution in [0.25, 0.3) is 5.69 Å². The summed E-state index contributed by atoms with van der Waals surface area (Å²) in [6.45, 7) is 2.50. The fourth-order valence-corrected chi connectivity index (χ4v) is 3.58. The first kappa shape index (κ1) is 19.7. The van der Waals surface area contributed by atoms with Gasteiger partial charge in [-0.05, 0) is 53.6 Å². The predicted molar refractivity (Wildman–Crippen MR) is 108 cm³/mol. The highest BCUT2D eigenvalue weighted by Gasteiger charge is 2.11. The van der Waals surface area contributed by atoms with Gasteiger partial charge in [-0.2, -0.15) is 4.68 Å². The van der Waals surface area contributed by atoms with Crippen LogP contribution in [0.4, 0.5) is 0 Å². The molecule has 0 fully saturated rings. The van der Waals surface area contributed by atoms with Crippen molar-refractivity contribution in [3.05, 3.63) is 63.6 Å². The molecule has 0 saturated carbocycles. The third-order valence-electron chi connectivity index (χ3n) is 3.78. The Morgan fingerprint density at radius 3 is 2.70 bits per heavy atom. The second kappa shape index (κ2) is 9.21. The molecule has 3 rings (SSSR count). The molecule has 0 spiro atoms. The number of aryl methyl sites for hydroxylation is 1. The molecule has 0 atom stereocenters. The van der Waals surface area contributed by atoms with Crippen LogP contribution < -0.4 is 5.32 Å². The van der Waals surface area contributed by atoms with Crippen molar-refractivity contribution in [1.82, 2.24) is 25.5 Å². The maximum absolute atomic E-state index is 12.1. The Morgan fingerprint density at radius 1 is 1.19 bits per heavy atom. The van der Waals surface area contributed by atoms with Crippen molar-refractivity contribution in [2.75, 3.05) is 12.3 Å². The average Bonchev–Trinajstić information content (AvgIpc) is 3.11. The topological polar surface area (TPSA) is 72.7 Å². The smallest absolute Gasteiger partial charge is 0.230 e. The van der Waals surface area contributed by atoms with E-state index in [2.05, 4.69) is 20.8 Å². The van der Waals surface area contributed by atoms with Crippen molar-refractivity contribution >= 4 is 40.9 Å². The van der Waals surface area contributed by atoms with Crippen molar-refractivity contribution in [2.24, 2.45) is 0 Å². The molecule has 6 nitrogen and oxygen atoms in total. The minimum atomic E-state index is -0.0939. The van der Waals surface area contributed by atoms with E-state index in [-0.39, 0.29) is 11.7 Å². The van der Waals surface area contributed by atoms with E-state index in [1.54, 1.807) is 16.8 Å². The number of hydrogen-bond acceptors (Lipinski definition) is 5. The lowest BCUT2D eigenvalue weighted by Crippen LogP contribution is -2.27. The van der Waals surface area contributed by atoms with Crippen molar-refractivity contribution in [1.29, 1.82) is 0 Å². The molecule has 3 aromatic rings. The van der Waals surface area contributed by atoms with Gasteiger partial charge in [0.05, 0.1) is 11.4 Å². The summed E-state index contributed by atoms with van der Waals surface area (Å²) >= 11 is 13.3. The summed E-state index contributed by atoms with van der Waals surface area (Å²) in [4.78, 5) is 12.1. The number of nitrogens with zero attached hydrogens (tertiary/aromatic N) is 4. The van der Waals surface area contributed by atoms with Crippen LogP contribution in [-0.4, -0.2) is 38.4 Å². The quantitative estimate of drug-likeness (QED) is 0.588. The number of rotatable bonds is 7. The highest BCUT2D eigenvalue weighted by Crippen LogP contribution is 2.21. The zero-order valence-corrected chi connectivity index (χ0v) is 16.9. The zero-order valence-electron chi connectivity index (χ0n) is 14.5. The highest BCUT2D eigenvalue weighted by atomic mass is 35.5. The van der Waals surface area contributed by atoms with Crippen LogP contribution in [0.5, 0.6) is 0 Å². The van der Waals surface area contributed by atoms with E-state index >= 15 is 0 Å². The van der Waals surface area contributed by atoms with E-state index in [0.29, 0.717) is 28.2 Å². The minimum Gasteiger partial charge on any atom is -0.355 e. The molecule has 1 heterocycles. The first-order valence-electron chi connectivity index (χ1n) is 8.22. The Bertz CT molecular complexity index is 930. The van der Waals surface area contributed by atoms with E-state index in [1.165, 1.54) is 11.8 Å². The maximum Gasteiger partial charge on any atom is 0.230 e. The van der Waals surface area contributed by atoms with Crippen molar-refractivity contribution in [3.63, 3.8) is 0 Å². The number of hydrogen-bond donors (Lipinski definition) is 1. The molecule has 0 radical (unpaired) electrons. The van der Waals surface area contributed by atoms with E-state index in [9.17, 15) is 4.79 Å². The molecule has 0 aliphatic heterocycles. The fraction of sp³-hybridized carbons (Fsp3) is 0.222. The third-order valence-corrected chi connectivity index (χ3v) is 5.29. The molecule has 27 heavy (non-hydrogen) atoms. The monoisotopic (exact) mass is 421 g/mol. The van der Waals surface area contributed by atoms with Crippen molar-refractivity contribution in [2.45, 2.75) is 18.5 Å². The van der Waals surface area contributed by atoms with E-state index in [4.69, 9.17) is 23.2 Å². The van der Waals surface area contributed by atoms with E-state index < -0.39 is 0 Å². The van der Waals surface area contributed by atoms with Gasteiger partial charge in [-0.1, -0.05) is 58.7 Å². The first-order chi connectivity index (χ1) is 13.0. The first-order valence-corrected chi connectivity index (χ1v) is 9.96. The Labute approximate surface area is 171 Å². The van der Waals surface area contributed by atoms with Crippen LogP contribution in [0.1, 0.15) is 11.1 Å². The molecule has 2 aromatic carbocycles. The maximum atomic E-state index is 12.1. The van der Waals surface area contributed by atoms with Crippen LogP contribution >= 0.6 is 35.0 Å². The molecule has 1 aromatic heterocycles. The number of thioether (sulfide) groups is 1. The van der Waals surface area contributed by atoms with Gasteiger partial charge in [0.25, 0.3) is 0 Å². The summed E-state index contributed by atoms with van der Waals surface area (Å²) in [7, 11) is 0. The Kier molecular flexibility index (Phi) is 6.71. The summed E-state index contributed by atoms with van der Waals surface area (Å²) < 4.78 is 1.62. The molecule has 1 amide bonds. The number of amides is 1. The summed E-state index contributed by atoms with van der Waals surface area (Å²) in [6, 6.07) is 13.2. The Morgan fingerprint density at radius 2 is 1.96 bits per heavy atom. The van der Waals surface area contributed by atoms with Crippen LogP contribution in [0, 0.1) is 6.92 Å². The van der Waals surface area contributed by atoms with Gasteiger partial charge in [0.1, 0.15) is 0 Å². The van der Waals surface area contributed by atoms with Gasteiger partial charge >= 0.3 is 0 Å². The molecular formula is C18H17Cl2N5OS. The standard InChI is InChI=1S/C18H17Cl2N5OS/c1-12-2-6-15(7-3-12)25-18(22-23-24-25)27-11-17(26)21-9-8-13-4-5-14(19)10-16(13)20/h2-7,10H,8-9,11H2,1H3,(H,21,26). The molecular weight excluding hydrogens is 405 g/mol. The number of carbonyl (C=O) groups is 1. The number of aromatic nitrogens is 4. The molecule has 0 unspecified atom stereocenters. The lowest BCUT2D eigenvalue weighted by molar-refractivity contribution is -0.118. The number of carbonyl (C=O) groups excluding carboxylic acids is 1. The van der Waals surface area contributed by atoms with Gasteiger partial charge in [0, 0.05) is 16.6 Å². The average molecular weight is 422 g/mol. The lowest BCUT2D eigenvalue weighted by atomic mass is 10.1. The summed E-state index contributed by atoms with van der Waals surface area (Å²) in [5.41, 5.74) is 2.95. The molecule has 0 aliphatic carbocycles. The second-order valence-electron chi connectivity index (χ2n) is 5.83. The molecule has 0 aliphatic rings. The van der Waals surface area contributed by atoms with Crippen molar-refractivity contribution in [3.8, 4) is 5.69 Å². The molecule has 140 valence electrons. The highest BCUT2D eigenvalue weighted by molar-refractivity contribution is 7.99. The SMILES string of the molecule is Cc1ccc(-n2nnnc2SCC(=O)NCCc2ccc(Cl)cc2Cl)cc1. The summed E-state index contributed by atoms with van der Waals surface area (Å²) in [5, 5.41) is 16.3. The Hall–Kier alpha value is -2.09. The molecule has 0 bridgehead atoms. The molecule has 0 saturated heterocycles. The molecule has 9 heteroatoms. The van der Waals surface area contributed by atoms with Gasteiger partial charge in [-0.25, -0.2) is 0 Å². The van der Waals surface area contributed by atoms with Gasteiger partial charge in [0.2, 0.25) is 11.1 Å². The number of nitrogens with one attached hydrogen (secondary N) is 1. The second-order valence-corrected chi connectivity index (χ2v) is 7.62. The zero-order chi connectivity index (χ0) is 19.2. The van der Waals surface area contributed by atoms with Crippen molar-refractivity contribution < 1.29 is 4.79 Å². The van der Waals surface area contributed by atoms with Crippen LogP contribution in [0.15, 0.2) is 47.6 Å². The van der Waals surface area contributed by atoms with Gasteiger partial charge in [-0.15, -0.1) is 5.10 Å². The number of benzene rings is 2. The van der Waals surface area contributed by atoms with Crippen LogP contribution in [0.3, 0.4) is 0 Å².